The van der Waals surface area contributed by atoms with Crippen LogP contribution in [-0.4, -0.2) is 41.6 Å². The minimum Gasteiger partial charge on any atom is -0.345 e. The van der Waals surface area contributed by atoms with E-state index in [9.17, 15) is 17.6 Å². The largest absolute Gasteiger partial charge is 0.345 e. The molecule has 0 unspecified atom stereocenters. The second kappa shape index (κ2) is 7.33. The number of hydrogen-bond donors (Lipinski definition) is 2. The molecular weight excluding hydrogens is 383 g/mol. The first kappa shape index (κ1) is 18.6. The topological polar surface area (TPSA) is 95.2 Å². The van der Waals surface area contributed by atoms with Gasteiger partial charge in [0.25, 0.3) is 0 Å². The molecule has 1 aliphatic heterocycles. The number of aromatic amines is 1. The van der Waals surface area contributed by atoms with E-state index in [0.29, 0.717) is 24.1 Å². The number of nitrogens with one attached hydrogen (secondary N) is 2. The third-order valence-electron chi connectivity index (χ3n) is 4.81. The maximum atomic E-state index is 14.4. The summed E-state index contributed by atoms with van der Waals surface area (Å²) in [6, 6.07) is 7.03. The van der Waals surface area contributed by atoms with Gasteiger partial charge in [0.2, 0.25) is 0 Å². The number of fused-ring (bicyclic) bond motifs is 1. The molecule has 2 aromatic heterocycles. The summed E-state index contributed by atoms with van der Waals surface area (Å²) in [5.74, 6) is -1.26. The van der Waals surface area contributed by atoms with E-state index in [1.165, 1.54) is 22.6 Å². The smallest absolute Gasteiger partial charge is 0.301 e. The Morgan fingerprint density at radius 3 is 2.71 bits per heavy atom. The first-order valence-corrected chi connectivity index (χ1v) is 10.4. The second-order valence-corrected chi connectivity index (χ2v) is 8.36. The molecule has 9 heteroatoms. The fourth-order valence-corrected chi connectivity index (χ4v) is 4.66. The molecule has 1 aliphatic rings. The molecule has 0 radical (unpaired) electrons. The summed E-state index contributed by atoms with van der Waals surface area (Å²) in [5.41, 5.74) is 0.739. The lowest BCUT2D eigenvalue weighted by Gasteiger charge is -2.26. The summed E-state index contributed by atoms with van der Waals surface area (Å²) in [5, 5.41) is 0.575. The molecule has 3 aromatic rings. The Morgan fingerprint density at radius 2 is 1.93 bits per heavy atom. The molecule has 1 aromatic carbocycles. The highest BCUT2D eigenvalue weighted by atomic mass is 32.2. The number of benzene rings is 1. The Morgan fingerprint density at radius 1 is 1.14 bits per heavy atom. The highest BCUT2D eigenvalue weighted by Crippen LogP contribution is 2.24. The monoisotopic (exact) mass is 402 g/mol. The van der Waals surface area contributed by atoms with E-state index < -0.39 is 21.8 Å². The van der Waals surface area contributed by atoms with Gasteiger partial charge in [-0.3, -0.25) is 9.52 Å². The van der Waals surface area contributed by atoms with Gasteiger partial charge in [0, 0.05) is 36.4 Å². The predicted octanol–water partition coefficient (Wildman–Crippen LogP) is 3.08. The summed E-state index contributed by atoms with van der Waals surface area (Å²) in [6.45, 7) is 0.898. The van der Waals surface area contributed by atoms with Crippen molar-refractivity contribution in [3.8, 4) is 0 Å². The van der Waals surface area contributed by atoms with Crippen molar-refractivity contribution >= 4 is 32.7 Å². The van der Waals surface area contributed by atoms with Gasteiger partial charge in [-0.1, -0.05) is 6.42 Å². The molecule has 146 valence electrons. The number of carbonyl (C=O) groups is 1. The number of aromatic nitrogens is 2. The van der Waals surface area contributed by atoms with Crippen molar-refractivity contribution in [2.75, 3.05) is 17.8 Å². The fourth-order valence-electron chi connectivity index (χ4n) is 3.37. The number of ketones is 1. The van der Waals surface area contributed by atoms with Gasteiger partial charge >= 0.3 is 10.2 Å². The van der Waals surface area contributed by atoms with E-state index in [2.05, 4.69) is 14.7 Å². The van der Waals surface area contributed by atoms with E-state index >= 15 is 0 Å². The Bertz CT molecular complexity index is 1140. The van der Waals surface area contributed by atoms with E-state index in [-0.39, 0.29) is 16.8 Å². The molecule has 2 N–H and O–H groups in total. The molecule has 0 saturated carbocycles. The third-order valence-corrected chi connectivity index (χ3v) is 6.35. The zero-order valence-corrected chi connectivity index (χ0v) is 15.8. The molecule has 0 atom stereocenters. The lowest BCUT2D eigenvalue weighted by atomic mass is 10.0. The van der Waals surface area contributed by atoms with E-state index in [1.807, 2.05) is 0 Å². The summed E-state index contributed by atoms with van der Waals surface area (Å²) in [6.07, 6.45) is 5.68. The number of nitrogens with zero attached hydrogens (tertiary/aromatic N) is 2. The van der Waals surface area contributed by atoms with Crippen LogP contribution in [0.5, 0.6) is 0 Å². The zero-order chi connectivity index (χ0) is 19.7. The standard InChI is InChI=1S/C19H19FN4O3S/c20-17-7-6-13(23-28(26,27)24-9-2-1-3-10-24)11-15(17)18(25)16-12-22-19-14(16)5-4-8-21-19/h4-8,11-12,23H,1-3,9-10H2,(H,21,22). The molecule has 1 fully saturated rings. The number of hydrogen-bond acceptors (Lipinski definition) is 4. The van der Waals surface area contributed by atoms with Crippen molar-refractivity contribution in [3.63, 3.8) is 0 Å². The van der Waals surface area contributed by atoms with Gasteiger partial charge < -0.3 is 4.98 Å². The molecule has 0 amide bonds. The molecule has 0 spiro atoms. The summed E-state index contributed by atoms with van der Waals surface area (Å²) >= 11 is 0. The first-order chi connectivity index (χ1) is 13.5. The van der Waals surface area contributed by atoms with Crippen molar-refractivity contribution in [1.82, 2.24) is 14.3 Å². The molecule has 28 heavy (non-hydrogen) atoms. The van der Waals surface area contributed by atoms with Gasteiger partial charge in [-0.2, -0.15) is 12.7 Å². The Hall–Kier alpha value is -2.78. The lowest BCUT2D eigenvalue weighted by molar-refractivity contribution is 0.103. The van der Waals surface area contributed by atoms with Crippen molar-refractivity contribution in [1.29, 1.82) is 0 Å². The van der Waals surface area contributed by atoms with Crippen LogP contribution in [0.2, 0.25) is 0 Å². The van der Waals surface area contributed by atoms with E-state index in [1.54, 1.807) is 18.3 Å². The van der Waals surface area contributed by atoms with E-state index in [0.717, 1.165) is 25.3 Å². The number of pyridine rings is 1. The minimum atomic E-state index is -3.75. The molecule has 3 heterocycles. The van der Waals surface area contributed by atoms with Crippen LogP contribution >= 0.6 is 0 Å². The van der Waals surface area contributed by atoms with Crippen molar-refractivity contribution in [2.24, 2.45) is 0 Å². The van der Waals surface area contributed by atoms with Crippen LogP contribution in [-0.2, 0) is 10.2 Å². The molecule has 4 rings (SSSR count). The Labute approximate surface area is 161 Å². The molecule has 1 saturated heterocycles. The average Bonchev–Trinajstić information content (AvgIpc) is 3.13. The minimum absolute atomic E-state index is 0.147. The Kier molecular flexibility index (Phi) is 4.86. The summed E-state index contributed by atoms with van der Waals surface area (Å²) in [7, 11) is -3.75. The predicted molar refractivity (Wildman–Crippen MR) is 104 cm³/mol. The van der Waals surface area contributed by atoms with E-state index in [4.69, 9.17) is 0 Å². The Balaban J connectivity index is 1.64. The van der Waals surface area contributed by atoms with Gasteiger partial charge in [0.05, 0.1) is 11.3 Å². The van der Waals surface area contributed by atoms with Crippen LogP contribution in [0, 0.1) is 5.82 Å². The number of H-pyrrole nitrogens is 1. The van der Waals surface area contributed by atoms with Crippen LogP contribution in [0.3, 0.4) is 0 Å². The van der Waals surface area contributed by atoms with Crippen molar-refractivity contribution in [2.45, 2.75) is 19.3 Å². The number of rotatable bonds is 5. The van der Waals surface area contributed by atoms with Crippen LogP contribution in [0.15, 0.2) is 42.7 Å². The number of halogens is 1. The van der Waals surface area contributed by atoms with Gasteiger partial charge in [-0.15, -0.1) is 0 Å². The van der Waals surface area contributed by atoms with Crippen LogP contribution in [0.25, 0.3) is 11.0 Å². The van der Waals surface area contributed by atoms with Crippen molar-refractivity contribution < 1.29 is 17.6 Å². The van der Waals surface area contributed by atoms with Gasteiger partial charge in [-0.05, 0) is 43.2 Å². The molecule has 7 nitrogen and oxygen atoms in total. The number of anilines is 1. The number of carbonyl (C=O) groups excluding carboxylic acids is 1. The zero-order valence-electron chi connectivity index (χ0n) is 15.0. The maximum absolute atomic E-state index is 14.4. The second-order valence-electron chi connectivity index (χ2n) is 6.69. The van der Waals surface area contributed by atoms with Crippen LogP contribution in [0.4, 0.5) is 10.1 Å². The van der Waals surface area contributed by atoms with Crippen LogP contribution < -0.4 is 4.72 Å². The summed E-state index contributed by atoms with van der Waals surface area (Å²) < 4.78 is 43.3. The quantitative estimate of drug-likeness (QED) is 0.641. The van der Waals surface area contributed by atoms with Crippen molar-refractivity contribution in [3.05, 3.63) is 59.7 Å². The average molecular weight is 402 g/mol. The maximum Gasteiger partial charge on any atom is 0.301 e. The molecular formula is C19H19FN4O3S. The fraction of sp³-hybridized carbons (Fsp3) is 0.263. The van der Waals surface area contributed by atoms with Gasteiger partial charge in [-0.25, -0.2) is 9.37 Å². The lowest BCUT2D eigenvalue weighted by Crippen LogP contribution is -2.39. The third kappa shape index (κ3) is 3.50. The summed E-state index contributed by atoms with van der Waals surface area (Å²) in [4.78, 5) is 19.9. The highest BCUT2D eigenvalue weighted by Gasteiger charge is 2.25. The highest BCUT2D eigenvalue weighted by molar-refractivity contribution is 7.90. The van der Waals surface area contributed by atoms with Gasteiger partial charge in [0.15, 0.2) is 5.78 Å². The van der Waals surface area contributed by atoms with Crippen LogP contribution in [0.1, 0.15) is 35.2 Å². The SMILES string of the molecule is O=C(c1cc(NS(=O)(=O)N2CCCCC2)ccc1F)c1c[nH]c2ncccc12. The molecule has 0 bridgehead atoms. The number of piperidine rings is 1. The first-order valence-electron chi connectivity index (χ1n) is 9.00. The van der Waals surface area contributed by atoms with Gasteiger partial charge in [0.1, 0.15) is 11.5 Å². The molecule has 0 aliphatic carbocycles. The normalized spacial score (nSPS) is 15.6.